The van der Waals surface area contributed by atoms with Gasteiger partial charge in [-0.15, -0.1) is 0 Å². The van der Waals surface area contributed by atoms with Gasteiger partial charge in [-0.1, -0.05) is 0 Å². The predicted molar refractivity (Wildman–Crippen MR) is 86.2 cm³/mol. The number of hydrogen-bond donors (Lipinski definition) is 0. The largest absolute Gasteiger partial charge is 0.465 e. The molecule has 0 aliphatic heterocycles. The van der Waals surface area contributed by atoms with Gasteiger partial charge in [-0.25, -0.2) is 4.98 Å². The molecule has 0 fully saturated rings. The van der Waals surface area contributed by atoms with Gasteiger partial charge in [-0.2, -0.15) is 0 Å². The molecule has 1 aromatic heterocycles. The van der Waals surface area contributed by atoms with Crippen LogP contribution in [-0.2, 0) is 9.53 Å². The number of ether oxygens (including phenoxy) is 1. The Bertz CT molecular complexity index is 728. The van der Waals surface area contributed by atoms with Crippen molar-refractivity contribution in [3.63, 3.8) is 0 Å². The molecule has 23 heavy (non-hydrogen) atoms. The Balaban J connectivity index is 2.32. The maximum absolute atomic E-state index is 12.8. The topological polar surface area (TPSA) is 72.6 Å². The molecule has 0 spiro atoms. The molecule has 0 atom stereocenters. The molecular formula is C17H22N2O4. The van der Waals surface area contributed by atoms with E-state index in [1.165, 1.54) is 4.90 Å². The van der Waals surface area contributed by atoms with E-state index in [9.17, 15) is 9.59 Å². The minimum absolute atomic E-state index is 0.0936. The van der Waals surface area contributed by atoms with Crippen molar-refractivity contribution in [1.82, 2.24) is 9.88 Å². The number of fused-ring (bicyclic) bond motifs is 1. The molecule has 1 aromatic carbocycles. The summed E-state index contributed by atoms with van der Waals surface area (Å²) >= 11 is 0. The Morgan fingerprint density at radius 3 is 2.61 bits per heavy atom. The van der Waals surface area contributed by atoms with Crippen LogP contribution < -0.4 is 0 Å². The number of nitrogens with zero attached hydrogens (tertiary/aromatic N) is 2. The van der Waals surface area contributed by atoms with Gasteiger partial charge < -0.3 is 14.1 Å². The zero-order chi connectivity index (χ0) is 17.2. The summed E-state index contributed by atoms with van der Waals surface area (Å²) in [5.74, 6) is -0.127. The minimum Gasteiger partial charge on any atom is -0.465 e. The normalized spacial score (nSPS) is 11.5. The standard InChI is InChI=1S/C17H22N2O4/c1-6-22-15(20)10-19(17(3,4)5)16(21)12-7-8-13-14(9-12)23-11(2)18-13/h7-9H,6,10H2,1-5H3. The Morgan fingerprint density at radius 2 is 2.00 bits per heavy atom. The second-order valence-electron chi connectivity index (χ2n) is 6.28. The fraction of sp³-hybridized carbons (Fsp3) is 0.471. The van der Waals surface area contributed by atoms with Gasteiger partial charge in [0.15, 0.2) is 11.5 Å². The zero-order valence-electron chi connectivity index (χ0n) is 14.2. The maximum Gasteiger partial charge on any atom is 0.325 e. The summed E-state index contributed by atoms with van der Waals surface area (Å²) in [6, 6.07) is 5.09. The monoisotopic (exact) mass is 318 g/mol. The molecule has 0 saturated heterocycles. The van der Waals surface area contributed by atoms with Crippen LogP contribution in [0.25, 0.3) is 11.1 Å². The molecule has 0 radical (unpaired) electrons. The van der Waals surface area contributed by atoms with Crippen molar-refractivity contribution in [2.45, 2.75) is 40.2 Å². The Hall–Kier alpha value is -2.37. The summed E-state index contributed by atoms with van der Waals surface area (Å²) in [5.41, 5.74) is 1.19. The van der Waals surface area contributed by atoms with Gasteiger partial charge in [0.1, 0.15) is 12.1 Å². The molecule has 2 rings (SSSR count). The number of aromatic nitrogens is 1. The number of benzene rings is 1. The molecule has 0 N–H and O–H groups in total. The smallest absolute Gasteiger partial charge is 0.325 e. The molecule has 6 nitrogen and oxygen atoms in total. The van der Waals surface area contributed by atoms with E-state index in [1.807, 2.05) is 20.8 Å². The average molecular weight is 318 g/mol. The van der Waals surface area contributed by atoms with Crippen molar-refractivity contribution in [3.05, 3.63) is 29.7 Å². The van der Waals surface area contributed by atoms with Crippen molar-refractivity contribution in [3.8, 4) is 0 Å². The van der Waals surface area contributed by atoms with Gasteiger partial charge in [0.05, 0.1) is 6.61 Å². The van der Waals surface area contributed by atoms with E-state index >= 15 is 0 Å². The summed E-state index contributed by atoms with van der Waals surface area (Å²) in [6.45, 7) is 9.31. The summed E-state index contributed by atoms with van der Waals surface area (Å²) in [4.78, 5) is 30.4. The number of hydrogen-bond acceptors (Lipinski definition) is 5. The number of carbonyl (C=O) groups excluding carboxylic acids is 2. The van der Waals surface area contributed by atoms with E-state index in [-0.39, 0.29) is 19.1 Å². The average Bonchev–Trinajstić information content (AvgIpc) is 2.82. The van der Waals surface area contributed by atoms with E-state index in [2.05, 4.69) is 4.98 Å². The van der Waals surface area contributed by atoms with Crippen LogP contribution >= 0.6 is 0 Å². The first kappa shape index (κ1) is 17.0. The van der Waals surface area contributed by atoms with E-state index < -0.39 is 11.5 Å². The second kappa shape index (κ2) is 6.40. The van der Waals surface area contributed by atoms with E-state index in [4.69, 9.17) is 9.15 Å². The van der Waals surface area contributed by atoms with Crippen LogP contribution in [0.2, 0.25) is 0 Å². The number of rotatable bonds is 4. The lowest BCUT2D eigenvalue weighted by molar-refractivity contribution is -0.144. The lowest BCUT2D eigenvalue weighted by Gasteiger charge is -2.34. The number of esters is 1. The van der Waals surface area contributed by atoms with Gasteiger partial charge in [0.25, 0.3) is 5.91 Å². The number of aryl methyl sites for hydroxylation is 1. The van der Waals surface area contributed by atoms with Crippen molar-refractivity contribution in [1.29, 1.82) is 0 Å². The van der Waals surface area contributed by atoms with Crippen molar-refractivity contribution >= 4 is 23.0 Å². The van der Waals surface area contributed by atoms with Gasteiger partial charge in [0, 0.05) is 18.0 Å². The van der Waals surface area contributed by atoms with Crippen LogP contribution in [-0.4, -0.2) is 40.5 Å². The number of amides is 1. The lowest BCUT2D eigenvalue weighted by Crippen LogP contribution is -2.48. The van der Waals surface area contributed by atoms with E-state index in [0.29, 0.717) is 22.6 Å². The predicted octanol–water partition coefficient (Wildman–Crippen LogP) is 2.94. The van der Waals surface area contributed by atoms with Crippen molar-refractivity contribution in [2.75, 3.05) is 13.2 Å². The summed E-state index contributed by atoms with van der Waals surface area (Å²) in [5, 5.41) is 0. The van der Waals surface area contributed by atoms with Gasteiger partial charge >= 0.3 is 5.97 Å². The number of carbonyl (C=O) groups is 2. The maximum atomic E-state index is 12.8. The van der Waals surface area contributed by atoms with E-state index in [0.717, 1.165) is 0 Å². The highest BCUT2D eigenvalue weighted by Gasteiger charge is 2.30. The van der Waals surface area contributed by atoms with Crippen LogP contribution in [0.4, 0.5) is 0 Å². The minimum atomic E-state index is -0.518. The zero-order valence-corrected chi connectivity index (χ0v) is 14.2. The summed E-state index contributed by atoms with van der Waals surface area (Å²) < 4.78 is 10.4. The first-order chi connectivity index (χ1) is 10.7. The summed E-state index contributed by atoms with van der Waals surface area (Å²) in [7, 11) is 0. The highest BCUT2D eigenvalue weighted by Crippen LogP contribution is 2.21. The Labute approximate surface area is 135 Å². The Kier molecular flexibility index (Phi) is 4.73. The molecular weight excluding hydrogens is 296 g/mol. The first-order valence-corrected chi connectivity index (χ1v) is 7.57. The van der Waals surface area contributed by atoms with Crippen molar-refractivity contribution in [2.24, 2.45) is 0 Å². The van der Waals surface area contributed by atoms with Crippen molar-refractivity contribution < 1.29 is 18.7 Å². The molecule has 1 heterocycles. The highest BCUT2D eigenvalue weighted by atomic mass is 16.5. The molecule has 1 amide bonds. The van der Waals surface area contributed by atoms with Crippen LogP contribution in [0.5, 0.6) is 0 Å². The van der Waals surface area contributed by atoms with Crippen LogP contribution in [0.15, 0.2) is 22.6 Å². The van der Waals surface area contributed by atoms with Gasteiger partial charge in [-0.05, 0) is 45.9 Å². The molecule has 0 aliphatic carbocycles. The quantitative estimate of drug-likeness (QED) is 0.810. The molecule has 6 heteroatoms. The second-order valence-corrected chi connectivity index (χ2v) is 6.28. The molecule has 2 aromatic rings. The third-order valence-corrected chi connectivity index (χ3v) is 3.39. The molecule has 124 valence electrons. The molecule has 0 aliphatic rings. The first-order valence-electron chi connectivity index (χ1n) is 7.57. The molecule has 0 bridgehead atoms. The Morgan fingerprint density at radius 1 is 1.30 bits per heavy atom. The molecule has 0 saturated carbocycles. The van der Waals surface area contributed by atoms with Crippen LogP contribution in [0.1, 0.15) is 43.9 Å². The SMILES string of the molecule is CCOC(=O)CN(C(=O)c1ccc2nc(C)oc2c1)C(C)(C)C. The fourth-order valence-electron chi connectivity index (χ4n) is 2.28. The highest BCUT2D eigenvalue weighted by molar-refractivity contribution is 5.98. The molecule has 0 unspecified atom stereocenters. The third-order valence-electron chi connectivity index (χ3n) is 3.39. The van der Waals surface area contributed by atoms with Crippen LogP contribution in [0, 0.1) is 6.92 Å². The van der Waals surface area contributed by atoms with Gasteiger partial charge in [-0.3, -0.25) is 9.59 Å². The summed E-state index contributed by atoms with van der Waals surface area (Å²) in [6.07, 6.45) is 0. The fourth-order valence-corrected chi connectivity index (χ4v) is 2.28. The van der Waals surface area contributed by atoms with Crippen LogP contribution in [0.3, 0.4) is 0 Å². The third kappa shape index (κ3) is 3.88. The number of oxazole rings is 1. The van der Waals surface area contributed by atoms with E-state index in [1.54, 1.807) is 32.0 Å². The van der Waals surface area contributed by atoms with Gasteiger partial charge in [0.2, 0.25) is 0 Å². The lowest BCUT2D eigenvalue weighted by atomic mass is 10.0.